The largest absolute Gasteiger partial charge is 0.464 e. The van der Waals surface area contributed by atoms with Gasteiger partial charge < -0.3 is 4.42 Å². The summed E-state index contributed by atoms with van der Waals surface area (Å²) in [7, 11) is 0. The molecule has 1 heterocycles. The molecule has 3 heteroatoms. The SMILES string of the molecule is ClC/C(=C/c1occc1Br)C1CCCCC1. The van der Waals surface area contributed by atoms with Crippen LogP contribution in [0, 0.1) is 5.92 Å². The zero-order chi connectivity index (χ0) is 11.4. The van der Waals surface area contributed by atoms with Gasteiger partial charge in [-0.25, -0.2) is 0 Å². The summed E-state index contributed by atoms with van der Waals surface area (Å²) in [5, 5.41) is 0. The van der Waals surface area contributed by atoms with Crippen LogP contribution in [0.1, 0.15) is 37.9 Å². The van der Waals surface area contributed by atoms with Crippen molar-refractivity contribution in [1.29, 1.82) is 0 Å². The van der Waals surface area contributed by atoms with Crippen molar-refractivity contribution >= 4 is 33.6 Å². The molecule has 0 aliphatic heterocycles. The molecule has 1 aliphatic rings. The molecule has 0 radical (unpaired) electrons. The highest BCUT2D eigenvalue weighted by molar-refractivity contribution is 9.10. The number of halogens is 2. The molecule has 1 saturated carbocycles. The van der Waals surface area contributed by atoms with Crippen molar-refractivity contribution in [2.24, 2.45) is 5.92 Å². The van der Waals surface area contributed by atoms with Crippen LogP contribution in [0.3, 0.4) is 0 Å². The van der Waals surface area contributed by atoms with Gasteiger partial charge in [0.2, 0.25) is 0 Å². The molecule has 2 rings (SSSR count). The van der Waals surface area contributed by atoms with E-state index in [1.165, 1.54) is 37.7 Å². The minimum atomic E-state index is 0.609. The second-order valence-electron chi connectivity index (χ2n) is 4.32. The molecule has 0 N–H and O–H groups in total. The Bertz CT molecular complexity index is 364. The first kappa shape index (κ1) is 12.3. The Morgan fingerprint density at radius 3 is 2.75 bits per heavy atom. The van der Waals surface area contributed by atoms with Crippen molar-refractivity contribution in [2.45, 2.75) is 32.1 Å². The molecule has 1 nitrogen and oxygen atoms in total. The van der Waals surface area contributed by atoms with Crippen molar-refractivity contribution in [3.05, 3.63) is 28.1 Å². The van der Waals surface area contributed by atoms with Gasteiger partial charge in [-0.15, -0.1) is 11.6 Å². The van der Waals surface area contributed by atoms with Crippen molar-refractivity contribution in [1.82, 2.24) is 0 Å². The normalized spacial score (nSPS) is 19.0. The zero-order valence-corrected chi connectivity index (χ0v) is 11.6. The molecule has 0 bridgehead atoms. The summed E-state index contributed by atoms with van der Waals surface area (Å²) in [5.41, 5.74) is 1.32. The highest BCUT2D eigenvalue weighted by atomic mass is 79.9. The van der Waals surface area contributed by atoms with Gasteiger partial charge >= 0.3 is 0 Å². The van der Waals surface area contributed by atoms with Gasteiger partial charge in [0, 0.05) is 5.88 Å². The molecule has 16 heavy (non-hydrogen) atoms. The Hall–Kier alpha value is -0.210. The van der Waals surface area contributed by atoms with E-state index in [-0.39, 0.29) is 0 Å². The molecule has 1 fully saturated rings. The quantitative estimate of drug-likeness (QED) is 0.696. The highest BCUT2D eigenvalue weighted by Crippen LogP contribution is 2.32. The minimum Gasteiger partial charge on any atom is -0.464 e. The van der Waals surface area contributed by atoms with Crippen LogP contribution < -0.4 is 0 Å². The van der Waals surface area contributed by atoms with E-state index >= 15 is 0 Å². The fraction of sp³-hybridized carbons (Fsp3) is 0.538. The highest BCUT2D eigenvalue weighted by Gasteiger charge is 2.17. The zero-order valence-electron chi connectivity index (χ0n) is 9.22. The molecular weight excluding hydrogens is 287 g/mol. The molecular formula is C13H16BrClO. The predicted octanol–water partition coefficient (Wildman–Crippen LogP) is 5.24. The van der Waals surface area contributed by atoms with Gasteiger partial charge in [0.15, 0.2) is 0 Å². The Morgan fingerprint density at radius 2 is 2.19 bits per heavy atom. The predicted molar refractivity (Wildman–Crippen MR) is 71.7 cm³/mol. The maximum absolute atomic E-state index is 6.04. The number of furan rings is 1. The fourth-order valence-electron chi connectivity index (χ4n) is 2.32. The van der Waals surface area contributed by atoms with Gasteiger partial charge in [-0.3, -0.25) is 0 Å². The van der Waals surface area contributed by atoms with E-state index in [1.807, 2.05) is 6.07 Å². The van der Waals surface area contributed by atoms with Crippen LogP contribution in [0.5, 0.6) is 0 Å². The second kappa shape index (κ2) is 5.92. The van der Waals surface area contributed by atoms with Gasteiger partial charge in [-0.05, 0) is 52.4 Å². The van der Waals surface area contributed by atoms with E-state index in [0.29, 0.717) is 11.8 Å². The van der Waals surface area contributed by atoms with Crippen LogP contribution in [0.2, 0.25) is 0 Å². The first-order valence-electron chi connectivity index (χ1n) is 5.80. The Kier molecular flexibility index (Phi) is 4.54. The number of hydrogen-bond acceptors (Lipinski definition) is 1. The van der Waals surface area contributed by atoms with Gasteiger partial charge in [0.1, 0.15) is 5.76 Å². The lowest BCUT2D eigenvalue weighted by molar-refractivity contribution is 0.404. The summed E-state index contributed by atoms with van der Waals surface area (Å²) < 4.78 is 6.41. The lowest BCUT2D eigenvalue weighted by Crippen LogP contribution is -2.10. The van der Waals surface area contributed by atoms with Crippen LogP contribution in [0.15, 0.2) is 26.8 Å². The summed E-state index contributed by atoms with van der Waals surface area (Å²) in [6.45, 7) is 0. The summed E-state index contributed by atoms with van der Waals surface area (Å²) in [6.07, 6.45) is 10.4. The lowest BCUT2D eigenvalue weighted by Gasteiger charge is -2.23. The molecule has 0 unspecified atom stereocenters. The summed E-state index contributed by atoms with van der Waals surface area (Å²) >= 11 is 9.51. The Labute approximate surface area is 110 Å². The lowest BCUT2D eigenvalue weighted by atomic mass is 9.84. The monoisotopic (exact) mass is 302 g/mol. The number of rotatable bonds is 3. The average Bonchev–Trinajstić information content (AvgIpc) is 2.73. The molecule has 1 aromatic rings. The van der Waals surface area contributed by atoms with Crippen LogP contribution in [-0.2, 0) is 0 Å². The topological polar surface area (TPSA) is 13.1 Å². The van der Waals surface area contributed by atoms with Crippen molar-refractivity contribution in [3.63, 3.8) is 0 Å². The summed E-state index contributed by atoms with van der Waals surface area (Å²) in [5.74, 6) is 2.15. The molecule has 0 spiro atoms. The fourth-order valence-corrected chi connectivity index (χ4v) is 2.93. The van der Waals surface area contributed by atoms with Crippen LogP contribution >= 0.6 is 27.5 Å². The van der Waals surface area contributed by atoms with E-state index in [2.05, 4.69) is 22.0 Å². The van der Waals surface area contributed by atoms with Crippen molar-refractivity contribution in [2.75, 3.05) is 5.88 Å². The van der Waals surface area contributed by atoms with Crippen LogP contribution in [-0.4, -0.2) is 5.88 Å². The molecule has 1 aliphatic carbocycles. The summed E-state index contributed by atoms with van der Waals surface area (Å²) in [6, 6.07) is 1.92. The number of alkyl halides is 1. The van der Waals surface area contributed by atoms with E-state index in [4.69, 9.17) is 16.0 Å². The van der Waals surface area contributed by atoms with E-state index in [0.717, 1.165) is 10.2 Å². The van der Waals surface area contributed by atoms with Crippen LogP contribution in [0.4, 0.5) is 0 Å². The smallest absolute Gasteiger partial charge is 0.140 e. The average molecular weight is 304 g/mol. The van der Waals surface area contributed by atoms with Crippen LogP contribution in [0.25, 0.3) is 6.08 Å². The van der Waals surface area contributed by atoms with Gasteiger partial charge in [0.25, 0.3) is 0 Å². The molecule has 0 aromatic carbocycles. The maximum Gasteiger partial charge on any atom is 0.140 e. The molecule has 0 saturated heterocycles. The molecule has 0 amide bonds. The minimum absolute atomic E-state index is 0.609. The maximum atomic E-state index is 6.04. The number of hydrogen-bond donors (Lipinski definition) is 0. The van der Waals surface area contributed by atoms with E-state index in [1.54, 1.807) is 6.26 Å². The Morgan fingerprint density at radius 1 is 1.44 bits per heavy atom. The Balaban J connectivity index is 2.14. The molecule has 0 atom stereocenters. The van der Waals surface area contributed by atoms with Crippen molar-refractivity contribution in [3.8, 4) is 0 Å². The second-order valence-corrected chi connectivity index (χ2v) is 5.44. The molecule has 1 aromatic heterocycles. The standard InChI is InChI=1S/C13H16BrClO/c14-12-6-7-16-13(12)8-11(9-15)10-4-2-1-3-5-10/h6-8,10H,1-5,9H2/b11-8-. The first-order valence-corrected chi connectivity index (χ1v) is 7.13. The van der Waals surface area contributed by atoms with E-state index in [9.17, 15) is 0 Å². The van der Waals surface area contributed by atoms with Gasteiger partial charge in [0.05, 0.1) is 10.7 Å². The third-order valence-corrected chi connectivity index (χ3v) is 4.21. The molecule has 88 valence electrons. The van der Waals surface area contributed by atoms with E-state index < -0.39 is 0 Å². The van der Waals surface area contributed by atoms with Gasteiger partial charge in [-0.2, -0.15) is 0 Å². The number of allylic oxidation sites excluding steroid dienone is 1. The third-order valence-electron chi connectivity index (χ3n) is 3.25. The summed E-state index contributed by atoms with van der Waals surface area (Å²) in [4.78, 5) is 0. The first-order chi connectivity index (χ1) is 7.81. The van der Waals surface area contributed by atoms with Gasteiger partial charge in [-0.1, -0.05) is 19.3 Å². The third kappa shape index (κ3) is 2.92. The van der Waals surface area contributed by atoms with Crippen molar-refractivity contribution < 1.29 is 4.42 Å².